The van der Waals surface area contributed by atoms with Crippen molar-refractivity contribution in [2.45, 2.75) is 0 Å². The Labute approximate surface area is 63.6 Å². The highest BCUT2D eigenvalue weighted by atomic mass is 16.5. The number of esters is 1. The molecule has 0 atom stereocenters. The molecule has 0 aromatic carbocycles. The summed E-state index contributed by atoms with van der Waals surface area (Å²) < 4.78 is 4.95. The molecule has 1 aromatic rings. The van der Waals surface area contributed by atoms with Gasteiger partial charge in [-0.2, -0.15) is 4.73 Å². The van der Waals surface area contributed by atoms with Crippen LogP contribution in [-0.4, -0.2) is 13.1 Å². The fourth-order valence-corrected chi connectivity index (χ4v) is 0.693. The number of ether oxygens (including phenoxy) is 1. The number of rotatable bonds is 1. The minimum absolute atomic E-state index is 0.255. The molecule has 0 saturated carbocycles. The summed E-state index contributed by atoms with van der Waals surface area (Å²) in [5, 5.41) is 10.6. The maximum absolute atomic E-state index is 10.8. The van der Waals surface area contributed by atoms with E-state index in [2.05, 4.69) is 4.74 Å². The molecular formula is C7H7NO3. The summed E-state index contributed by atoms with van der Waals surface area (Å²) in [6, 6.07) is 3.00. The van der Waals surface area contributed by atoms with E-state index in [1.54, 1.807) is 0 Å². The van der Waals surface area contributed by atoms with Crippen molar-refractivity contribution in [3.05, 3.63) is 35.3 Å². The maximum atomic E-state index is 10.8. The van der Waals surface area contributed by atoms with Crippen molar-refractivity contribution in [3.63, 3.8) is 0 Å². The molecule has 0 spiro atoms. The van der Waals surface area contributed by atoms with Crippen molar-refractivity contribution in [1.29, 1.82) is 0 Å². The Morgan fingerprint density at radius 3 is 3.00 bits per heavy atom. The van der Waals surface area contributed by atoms with E-state index in [4.69, 9.17) is 0 Å². The molecular weight excluding hydrogens is 146 g/mol. The van der Waals surface area contributed by atoms with Gasteiger partial charge in [-0.05, 0) is 6.07 Å². The van der Waals surface area contributed by atoms with Crippen molar-refractivity contribution >= 4 is 5.97 Å². The van der Waals surface area contributed by atoms with E-state index in [-0.39, 0.29) is 5.56 Å². The molecule has 4 nitrogen and oxygen atoms in total. The third-order valence-corrected chi connectivity index (χ3v) is 1.20. The van der Waals surface area contributed by atoms with Crippen LogP contribution in [0.5, 0.6) is 0 Å². The van der Waals surface area contributed by atoms with Crippen LogP contribution in [0.15, 0.2) is 24.5 Å². The fourth-order valence-electron chi connectivity index (χ4n) is 0.693. The second kappa shape index (κ2) is 3.01. The Bertz CT molecular complexity index is 272. The zero-order valence-corrected chi connectivity index (χ0v) is 5.98. The van der Waals surface area contributed by atoms with Crippen LogP contribution in [0.1, 0.15) is 10.4 Å². The monoisotopic (exact) mass is 153 g/mol. The van der Waals surface area contributed by atoms with Gasteiger partial charge in [0, 0.05) is 6.07 Å². The van der Waals surface area contributed by atoms with Crippen molar-refractivity contribution in [2.75, 3.05) is 7.11 Å². The van der Waals surface area contributed by atoms with Crippen LogP contribution in [0, 0.1) is 5.21 Å². The van der Waals surface area contributed by atoms with Gasteiger partial charge in [-0.1, -0.05) is 0 Å². The molecule has 1 aromatic heterocycles. The predicted molar refractivity (Wildman–Crippen MR) is 36.7 cm³/mol. The Morgan fingerprint density at radius 1 is 1.73 bits per heavy atom. The fraction of sp³-hybridized carbons (Fsp3) is 0.143. The Hall–Kier alpha value is -1.58. The van der Waals surface area contributed by atoms with Gasteiger partial charge in [-0.3, -0.25) is 0 Å². The number of aromatic nitrogens is 1. The molecule has 1 heterocycles. The molecule has 58 valence electrons. The molecule has 0 amide bonds. The lowest BCUT2D eigenvalue weighted by molar-refractivity contribution is -0.605. The summed E-state index contributed by atoms with van der Waals surface area (Å²) >= 11 is 0. The summed E-state index contributed by atoms with van der Waals surface area (Å²) in [6.45, 7) is 0. The Kier molecular flexibility index (Phi) is 2.06. The number of hydrogen-bond donors (Lipinski definition) is 0. The van der Waals surface area contributed by atoms with Gasteiger partial charge in [0.2, 0.25) is 0 Å². The van der Waals surface area contributed by atoms with Gasteiger partial charge in [0.15, 0.2) is 12.4 Å². The van der Waals surface area contributed by atoms with Crippen LogP contribution in [0.3, 0.4) is 0 Å². The second-order valence-corrected chi connectivity index (χ2v) is 1.94. The van der Waals surface area contributed by atoms with E-state index in [1.807, 2.05) is 0 Å². The number of carbonyl (C=O) groups excluding carboxylic acids is 1. The average Bonchev–Trinajstić information content (AvgIpc) is 2.03. The molecule has 0 radical (unpaired) electrons. The second-order valence-electron chi connectivity index (χ2n) is 1.94. The first-order valence-corrected chi connectivity index (χ1v) is 3.01. The van der Waals surface area contributed by atoms with Gasteiger partial charge >= 0.3 is 5.97 Å². The van der Waals surface area contributed by atoms with Gasteiger partial charge in [0.25, 0.3) is 0 Å². The topological polar surface area (TPSA) is 53.2 Å². The quantitative estimate of drug-likeness (QED) is 0.327. The molecule has 11 heavy (non-hydrogen) atoms. The molecule has 0 bridgehead atoms. The third kappa shape index (κ3) is 1.67. The molecule has 0 unspecified atom stereocenters. The van der Waals surface area contributed by atoms with Crippen LogP contribution in [0.25, 0.3) is 0 Å². The van der Waals surface area contributed by atoms with Crippen LogP contribution in [-0.2, 0) is 4.74 Å². The summed E-state index contributed by atoms with van der Waals surface area (Å²) in [5.41, 5.74) is 0.255. The van der Waals surface area contributed by atoms with E-state index in [0.29, 0.717) is 4.73 Å². The van der Waals surface area contributed by atoms with E-state index in [9.17, 15) is 10.0 Å². The SMILES string of the molecule is COC(=O)c1ccc[n+]([O-])c1. The van der Waals surface area contributed by atoms with E-state index < -0.39 is 5.97 Å². The van der Waals surface area contributed by atoms with E-state index in [0.717, 1.165) is 6.20 Å². The summed E-state index contributed by atoms with van der Waals surface area (Å²) in [7, 11) is 1.27. The highest BCUT2D eigenvalue weighted by molar-refractivity contribution is 5.88. The normalized spacial score (nSPS) is 9.18. The average molecular weight is 153 g/mol. The van der Waals surface area contributed by atoms with Crippen molar-refractivity contribution < 1.29 is 14.3 Å². The number of hydrogen-bond acceptors (Lipinski definition) is 3. The van der Waals surface area contributed by atoms with Crippen LogP contribution in [0.2, 0.25) is 0 Å². The number of nitrogens with zero attached hydrogens (tertiary/aromatic N) is 1. The zero-order chi connectivity index (χ0) is 8.27. The first kappa shape index (κ1) is 7.53. The molecule has 0 N–H and O–H groups in total. The predicted octanol–water partition coefficient (Wildman–Crippen LogP) is 0.107. The smallest absolute Gasteiger partial charge is 0.344 e. The maximum Gasteiger partial charge on any atom is 0.344 e. The lowest BCUT2D eigenvalue weighted by Crippen LogP contribution is -2.25. The van der Waals surface area contributed by atoms with Gasteiger partial charge in [-0.15, -0.1) is 0 Å². The number of pyridine rings is 1. The third-order valence-electron chi connectivity index (χ3n) is 1.20. The number of methoxy groups -OCH3 is 1. The zero-order valence-electron chi connectivity index (χ0n) is 5.98. The Morgan fingerprint density at radius 2 is 2.45 bits per heavy atom. The van der Waals surface area contributed by atoms with Crippen molar-refractivity contribution in [1.82, 2.24) is 0 Å². The first-order chi connectivity index (χ1) is 5.24. The van der Waals surface area contributed by atoms with E-state index >= 15 is 0 Å². The van der Waals surface area contributed by atoms with Crippen LogP contribution in [0.4, 0.5) is 0 Å². The highest BCUT2D eigenvalue weighted by Gasteiger charge is 2.06. The van der Waals surface area contributed by atoms with Crippen molar-refractivity contribution in [2.24, 2.45) is 0 Å². The molecule has 0 aliphatic carbocycles. The number of carbonyl (C=O) groups is 1. The Balaban J connectivity index is 2.96. The summed E-state index contributed by atoms with van der Waals surface area (Å²) in [5.74, 6) is -0.504. The molecule has 4 heteroatoms. The highest BCUT2D eigenvalue weighted by Crippen LogP contribution is 1.95. The van der Waals surface area contributed by atoms with Gasteiger partial charge < -0.3 is 9.94 Å². The standard InChI is InChI=1S/C7H7NO3/c1-11-7(9)6-3-2-4-8(10)5-6/h2-5H,1H3. The van der Waals surface area contributed by atoms with Crippen molar-refractivity contribution in [3.8, 4) is 0 Å². The first-order valence-electron chi connectivity index (χ1n) is 3.01. The lowest BCUT2D eigenvalue weighted by atomic mass is 10.3. The van der Waals surface area contributed by atoms with Gasteiger partial charge in [-0.25, -0.2) is 4.79 Å². The largest absolute Gasteiger partial charge is 0.619 e. The minimum Gasteiger partial charge on any atom is -0.619 e. The van der Waals surface area contributed by atoms with Crippen LogP contribution >= 0.6 is 0 Å². The van der Waals surface area contributed by atoms with Crippen LogP contribution < -0.4 is 4.73 Å². The lowest BCUT2D eigenvalue weighted by Gasteiger charge is -1.97. The summed E-state index contributed by atoms with van der Waals surface area (Å²) in [6.07, 6.45) is 2.46. The van der Waals surface area contributed by atoms with Gasteiger partial charge in [0.05, 0.1) is 7.11 Å². The molecule has 0 aliphatic rings. The molecule has 0 aliphatic heterocycles. The molecule has 0 fully saturated rings. The van der Waals surface area contributed by atoms with Gasteiger partial charge in [0.1, 0.15) is 5.56 Å². The molecule has 1 rings (SSSR count). The minimum atomic E-state index is -0.504. The molecule has 0 saturated heterocycles. The van der Waals surface area contributed by atoms with E-state index in [1.165, 1.54) is 25.4 Å². The summed E-state index contributed by atoms with van der Waals surface area (Å²) in [4.78, 5) is 10.8.